The first-order chi connectivity index (χ1) is 12.5. The highest BCUT2D eigenvalue weighted by molar-refractivity contribution is 7.89. The Morgan fingerprint density at radius 1 is 1.33 bits per heavy atom. The van der Waals surface area contributed by atoms with E-state index in [2.05, 4.69) is 9.82 Å². The maximum Gasteiger partial charge on any atom is 0.241 e. The zero-order valence-corrected chi connectivity index (χ0v) is 17.4. The Kier molecular flexibility index (Phi) is 4.90. The molecule has 7 nitrogen and oxygen atoms in total. The van der Waals surface area contributed by atoms with Crippen molar-refractivity contribution in [1.82, 2.24) is 14.5 Å². The zero-order valence-electron chi connectivity index (χ0n) is 16.6. The maximum atomic E-state index is 12.9. The highest BCUT2D eigenvalue weighted by Crippen LogP contribution is 2.34. The van der Waals surface area contributed by atoms with Crippen molar-refractivity contribution in [1.29, 1.82) is 0 Å². The van der Waals surface area contributed by atoms with E-state index < -0.39 is 16.1 Å². The molecule has 146 valence electrons. The lowest BCUT2D eigenvalue weighted by Gasteiger charge is -2.20. The lowest BCUT2D eigenvalue weighted by atomic mass is 10.1. The smallest absolute Gasteiger partial charge is 0.241 e. The molecule has 3 rings (SSSR count). The van der Waals surface area contributed by atoms with E-state index in [0.29, 0.717) is 6.42 Å². The minimum absolute atomic E-state index is 0.0306. The van der Waals surface area contributed by atoms with Gasteiger partial charge in [0.15, 0.2) is 0 Å². The molecular weight excluding hydrogens is 364 g/mol. The van der Waals surface area contributed by atoms with Crippen LogP contribution in [0, 0.1) is 13.8 Å². The van der Waals surface area contributed by atoms with Crippen molar-refractivity contribution >= 4 is 21.6 Å². The number of carbonyl (C=O) groups is 1. The molecule has 1 aliphatic rings. The van der Waals surface area contributed by atoms with Gasteiger partial charge in [-0.15, -0.1) is 0 Å². The van der Waals surface area contributed by atoms with Gasteiger partial charge in [0.25, 0.3) is 0 Å². The number of nitrogens with one attached hydrogen (secondary N) is 1. The second kappa shape index (κ2) is 6.76. The molecule has 2 atom stereocenters. The fraction of sp³-hybridized carbons (Fsp3) is 0.474. The standard InChI is InChI=1S/C19H26N4O3S/c1-11-9-16-10-17(7-8-18(16)23(11)15(5)24)27(25,26)21-13(3)19-12(2)20-22(6)14(19)4/h7-8,10-11,13,21H,9H2,1-6H3/t11-,13-/m0/s1. The van der Waals surface area contributed by atoms with Crippen molar-refractivity contribution in [2.24, 2.45) is 7.05 Å². The first-order valence-electron chi connectivity index (χ1n) is 8.98. The van der Waals surface area contributed by atoms with Gasteiger partial charge in [0.05, 0.1) is 10.6 Å². The Bertz CT molecular complexity index is 1010. The molecule has 0 spiro atoms. The number of sulfonamides is 1. The Balaban J connectivity index is 1.90. The number of nitrogens with zero attached hydrogens (tertiary/aromatic N) is 3. The second-order valence-electron chi connectivity index (χ2n) is 7.28. The molecule has 2 heterocycles. The number of benzene rings is 1. The van der Waals surface area contributed by atoms with Gasteiger partial charge in [0.1, 0.15) is 0 Å². The van der Waals surface area contributed by atoms with Crippen molar-refractivity contribution in [3.05, 3.63) is 40.7 Å². The molecule has 8 heteroatoms. The third kappa shape index (κ3) is 3.39. The summed E-state index contributed by atoms with van der Waals surface area (Å²) in [6.45, 7) is 9.11. The first kappa shape index (κ1) is 19.6. The lowest BCUT2D eigenvalue weighted by Crippen LogP contribution is -2.33. The summed E-state index contributed by atoms with van der Waals surface area (Å²) < 4.78 is 30.4. The van der Waals surface area contributed by atoms with Crippen molar-refractivity contribution in [2.75, 3.05) is 4.90 Å². The molecule has 0 aliphatic carbocycles. The van der Waals surface area contributed by atoms with Gasteiger partial charge in [0.2, 0.25) is 15.9 Å². The highest BCUT2D eigenvalue weighted by Gasteiger charge is 2.31. The van der Waals surface area contributed by atoms with Gasteiger partial charge < -0.3 is 4.90 Å². The Morgan fingerprint density at radius 3 is 2.56 bits per heavy atom. The molecule has 0 radical (unpaired) electrons. The summed E-state index contributed by atoms with van der Waals surface area (Å²) in [7, 11) is -1.86. The summed E-state index contributed by atoms with van der Waals surface area (Å²) in [6.07, 6.45) is 0.647. The van der Waals surface area contributed by atoms with E-state index in [4.69, 9.17) is 0 Å². The van der Waals surface area contributed by atoms with E-state index in [9.17, 15) is 13.2 Å². The monoisotopic (exact) mass is 390 g/mol. The van der Waals surface area contributed by atoms with E-state index in [0.717, 1.165) is 28.2 Å². The molecule has 0 unspecified atom stereocenters. The van der Waals surface area contributed by atoms with Crippen LogP contribution in [0.25, 0.3) is 0 Å². The number of aryl methyl sites for hydroxylation is 2. The molecule has 0 fully saturated rings. The van der Waals surface area contributed by atoms with Gasteiger partial charge in [-0.2, -0.15) is 5.10 Å². The molecule has 0 saturated heterocycles. The molecule has 0 bridgehead atoms. The summed E-state index contributed by atoms with van der Waals surface area (Å²) in [5.74, 6) is -0.0360. The van der Waals surface area contributed by atoms with Gasteiger partial charge in [-0.25, -0.2) is 13.1 Å². The van der Waals surface area contributed by atoms with Crippen molar-refractivity contribution in [2.45, 2.75) is 58.0 Å². The van der Waals surface area contributed by atoms with Crippen LogP contribution in [0.1, 0.15) is 49.3 Å². The summed E-state index contributed by atoms with van der Waals surface area (Å²) in [5.41, 5.74) is 4.30. The SMILES string of the molecule is CC(=O)N1c2ccc(S(=O)(=O)N[C@@H](C)c3c(C)nn(C)c3C)cc2C[C@@H]1C. The van der Waals surface area contributed by atoms with Gasteiger partial charge in [-0.3, -0.25) is 9.48 Å². The molecule has 1 aromatic heterocycles. The third-order valence-electron chi connectivity index (χ3n) is 5.25. The molecule has 1 aromatic carbocycles. The number of hydrogen-bond donors (Lipinski definition) is 1. The Morgan fingerprint density at radius 2 is 2.00 bits per heavy atom. The van der Waals surface area contributed by atoms with Crippen LogP contribution in [-0.2, 0) is 28.3 Å². The quantitative estimate of drug-likeness (QED) is 0.869. The fourth-order valence-corrected chi connectivity index (χ4v) is 5.29. The predicted molar refractivity (Wildman–Crippen MR) is 104 cm³/mol. The molecule has 1 N–H and O–H groups in total. The van der Waals surface area contributed by atoms with Crippen LogP contribution in [0.4, 0.5) is 5.69 Å². The van der Waals surface area contributed by atoms with Crippen LogP contribution < -0.4 is 9.62 Å². The van der Waals surface area contributed by atoms with Gasteiger partial charge in [0, 0.05) is 43.0 Å². The largest absolute Gasteiger partial charge is 0.309 e. The van der Waals surface area contributed by atoms with E-state index in [-0.39, 0.29) is 16.8 Å². The second-order valence-corrected chi connectivity index (χ2v) is 9.00. The zero-order chi connectivity index (χ0) is 20.1. The topological polar surface area (TPSA) is 84.3 Å². The number of anilines is 1. The number of aromatic nitrogens is 2. The van der Waals surface area contributed by atoms with Crippen LogP contribution in [0.5, 0.6) is 0 Å². The number of fused-ring (bicyclic) bond motifs is 1. The minimum Gasteiger partial charge on any atom is -0.309 e. The van der Waals surface area contributed by atoms with Gasteiger partial charge in [-0.1, -0.05) is 0 Å². The third-order valence-corrected chi connectivity index (χ3v) is 6.78. The van der Waals surface area contributed by atoms with E-state index in [1.54, 1.807) is 27.8 Å². The Labute approximate surface area is 160 Å². The maximum absolute atomic E-state index is 12.9. The predicted octanol–water partition coefficient (Wildman–Crippen LogP) is 2.37. The lowest BCUT2D eigenvalue weighted by molar-refractivity contribution is -0.116. The normalized spacial score (nSPS) is 17.9. The van der Waals surface area contributed by atoms with Crippen LogP contribution in [-0.4, -0.2) is 30.1 Å². The van der Waals surface area contributed by atoms with E-state index in [1.165, 1.54) is 6.92 Å². The van der Waals surface area contributed by atoms with Gasteiger partial charge >= 0.3 is 0 Å². The van der Waals surface area contributed by atoms with Crippen molar-refractivity contribution in [3.8, 4) is 0 Å². The molecule has 27 heavy (non-hydrogen) atoms. The van der Waals surface area contributed by atoms with Crippen LogP contribution in [0.2, 0.25) is 0 Å². The average Bonchev–Trinajstić information content (AvgIpc) is 3.01. The van der Waals surface area contributed by atoms with Crippen LogP contribution >= 0.6 is 0 Å². The molecular formula is C19H26N4O3S. The van der Waals surface area contributed by atoms with Gasteiger partial charge in [-0.05, 0) is 57.9 Å². The minimum atomic E-state index is -3.70. The van der Waals surface area contributed by atoms with Crippen molar-refractivity contribution < 1.29 is 13.2 Å². The Hall–Kier alpha value is -2.19. The average molecular weight is 391 g/mol. The summed E-state index contributed by atoms with van der Waals surface area (Å²) in [6, 6.07) is 4.59. The summed E-state index contributed by atoms with van der Waals surface area (Å²) >= 11 is 0. The summed E-state index contributed by atoms with van der Waals surface area (Å²) in [4.78, 5) is 13.8. The van der Waals surface area contributed by atoms with Crippen LogP contribution in [0.15, 0.2) is 23.1 Å². The number of rotatable bonds is 4. The first-order valence-corrected chi connectivity index (χ1v) is 10.5. The highest BCUT2D eigenvalue weighted by atomic mass is 32.2. The van der Waals surface area contributed by atoms with Crippen LogP contribution in [0.3, 0.4) is 0 Å². The molecule has 2 aromatic rings. The number of carbonyl (C=O) groups excluding carboxylic acids is 1. The molecule has 0 saturated carbocycles. The molecule has 1 aliphatic heterocycles. The number of amides is 1. The fourth-order valence-electron chi connectivity index (χ4n) is 4.03. The number of hydrogen-bond acceptors (Lipinski definition) is 4. The molecule has 1 amide bonds. The van der Waals surface area contributed by atoms with Crippen molar-refractivity contribution in [3.63, 3.8) is 0 Å². The summed E-state index contributed by atoms with van der Waals surface area (Å²) in [5, 5.41) is 4.36. The van der Waals surface area contributed by atoms with E-state index in [1.807, 2.05) is 34.7 Å². The van der Waals surface area contributed by atoms with E-state index >= 15 is 0 Å².